The van der Waals surface area contributed by atoms with Gasteiger partial charge in [-0.15, -0.1) is 11.3 Å². The van der Waals surface area contributed by atoms with Gasteiger partial charge in [-0.25, -0.2) is 4.98 Å². The third-order valence-electron chi connectivity index (χ3n) is 3.29. The van der Waals surface area contributed by atoms with E-state index in [2.05, 4.69) is 20.9 Å². The Morgan fingerprint density at radius 1 is 1.17 bits per heavy atom. The maximum atomic E-state index is 12.4. The third kappa shape index (κ3) is 3.67. The summed E-state index contributed by atoms with van der Waals surface area (Å²) < 4.78 is 0.976. The highest BCUT2D eigenvalue weighted by molar-refractivity contribution is 9.10. The molecule has 0 fully saturated rings. The molecule has 0 saturated heterocycles. The van der Waals surface area contributed by atoms with Gasteiger partial charge in [0.05, 0.1) is 5.69 Å². The molecule has 0 aliphatic carbocycles. The lowest BCUT2D eigenvalue weighted by atomic mass is 10.0. The average molecular weight is 395 g/mol. The maximum absolute atomic E-state index is 12.4. The SMILES string of the molecule is N#C/C(=C\c1csc(-c2cccc(Br)c2)n1)C(=O)c1ccccc1. The molecule has 0 bridgehead atoms. The number of hydrogen-bond donors (Lipinski definition) is 0. The maximum Gasteiger partial charge on any atom is 0.203 e. The molecule has 1 aromatic heterocycles. The minimum absolute atomic E-state index is 0.0762. The number of rotatable bonds is 4. The summed E-state index contributed by atoms with van der Waals surface area (Å²) in [5, 5.41) is 12.0. The molecular formula is C19H11BrN2OS. The third-order valence-corrected chi connectivity index (χ3v) is 4.69. The lowest BCUT2D eigenvalue weighted by Gasteiger charge is -1.98. The Kier molecular flexibility index (Phi) is 4.99. The number of Topliss-reactive ketones (excluding diaryl/α,β-unsaturated/α-hetero) is 1. The van der Waals surface area contributed by atoms with Crippen LogP contribution in [0.4, 0.5) is 0 Å². The molecule has 0 amide bonds. The highest BCUT2D eigenvalue weighted by Crippen LogP contribution is 2.27. The second-order valence-corrected chi connectivity index (χ2v) is 6.73. The van der Waals surface area contributed by atoms with Crippen LogP contribution >= 0.6 is 27.3 Å². The summed E-state index contributed by atoms with van der Waals surface area (Å²) in [6.07, 6.45) is 1.54. The number of thiazole rings is 1. The standard InChI is InChI=1S/C19H11BrN2OS/c20-16-8-4-7-14(9-16)19-22-17(12-24-19)10-15(11-21)18(23)13-5-2-1-3-6-13/h1-10,12H/b15-10+. The van der Waals surface area contributed by atoms with Gasteiger partial charge in [-0.05, 0) is 18.2 Å². The van der Waals surface area contributed by atoms with Crippen LogP contribution in [-0.4, -0.2) is 10.8 Å². The number of aromatic nitrogens is 1. The highest BCUT2D eigenvalue weighted by Gasteiger charge is 2.13. The van der Waals surface area contributed by atoms with E-state index in [0.29, 0.717) is 11.3 Å². The molecule has 2 aromatic carbocycles. The molecule has 0 radical (unpaired) electrons. The Balaban J connectivity index is 1.90. The fourth-order valence-electron chi connectivity index (χ4n) is 2.15. The number of halogens is 1. The van der Waals surface area contributed by atoms with Crippen molar-refractivity contribution in [2.24, 2.45) is 0 Å². The van der Waals surface area contributed by atoms with Crippen LogP contribution in [0, 0.1) is 11.3 Å². The molecule has 3 nitrogen and oxygen atoms in total. The fourth-order valence-corrected chi connectivity index (χ4v) is 3.32. The fraction of sp³-hybridized carbons (Fsp3) is 0. The number of allylic oxidation sites excluding steroid dienone is 1. The van der Waals surface area contributed by atoms with Crippen LogP contribution in [0.25, 0.3) is 16.6 Å². The first-order valence-electron chi connectivity index (χ1n) is 7.10. The number of nitriles is 1. The summed E-state index contributed by atoms with van der Waals surface area (Å²) in [5.74, 6) is -0.296. The number of benzene rings is 2. The summed E-state index contributed by atoms with van der Waals surface area (Å²) >= 11 is 4.91. The van der Waals surface area contributed by atoms with Gasteiger partial charge in [0.1, 0.15) is 16.6 Å². The van der Waals surface area contributed by atoms with Gasteiger partial charge in [-0.2, -0.15) is 5.26 Å². The predicted octanol–water partition coefficient (Wildman–Crippen LogP) is 5.36. The number of nitrogens with zero attached hydrogens (tertiary/aromatic N) is 2. The second kappa shape index (κ2) is 7.35. The predicted molar refractivity (Wildman–Crippen MR) is 99.6 cm³/mol. The van der Waals surface area contributed by atoms with Gasteiger partial charge < -0.3 is 0 Å². The van der Waals surface area contributed by atoms with Crippen LogP contribution in [0.3, 0.4) is 0 Å². The molecule has 5 heteroatoms. The van der Waals surface area contributed by atoms with Crippen molar-refractivity contribution in [1.29, 1.82) is 5.26 Å². The molecule has 0 aliphatic rings. The van der Waals surface area contributed by atoms with Crippen molar-refractivity contribution in [1.82, 2.24) is 4.98 Å². The molecule has 0 saturated carbocycles. The smallest absolute Gasteiger partial charge is 0.203 e. The lowest BCUT2D eigenvalue weighted by molar-refractivity contribution is 0.104. The summed E-state index contributed by atoms with van der Waals surface area (Å²) in [4.78, 5) is 16.9. The van der Waals surface area contributed by atoms with Crippen molar-refractivity contribution < 1.29 is 4.79 Å². The van der Waals surface area contributed by atoms with Crippen molar-refractivity contribution in [2.45, 2.75) is 0 Å². The van der Waals surface area contributed by atoms with Crippen molar-refractivity contribution in [2.75, 3.05) is 0 Å². The van der Waals surface area contributed by atoms with Crippen LogP contribution in [-0.2, 0) is 0 Å². The van der Waals surface area contributed by atoms with Crippen molar-refractivity contribution in [3.63, 3.8) is 0 Å². The second-order valence-electron chi connectivity index (χ2n) is 4.95. The van der Waals surface area contributed by atoms with E-state index in [9.17, 15) is 10.1 Å². The quantitative estimate of drug-likeness (QED) is 0.339. The Morgan fingerprint density at radius 3 is 2.67 bits per heavy atom. The summed E-state index contributed by atoms with van der Waals surface area (Å²) in [6.45, 7) is 0. The minimum atomic E-state index is -0.296. The molecule has 116 valence electrons. The van der Waals surface area contributed by atoms with Crippen LogP contribution in [0.2, 0.25) is 0 Å². The molecule has 0 unspecified atom stereocenters. The van der Waals surface area contributed by atoms with Crippen LogP contribution in [0.5, 0.6) is 0 Å². The van der Waals surface area contributed by atoms with E-state index in [0.717, 1.165) is 15.0 Å². The zero-order valence-electron chi connectivity index (χ0n) is 12.4. The van der Waals surface area contributed by atoms with Crippen LogP contribution in [0.15, 0.2) is 70.0 Å². The Hall–Kier alpha value is -2.55. The van der Waals surface area contributed by atoms with E-state index in [1.807, 2.05) is 41.8 Å². The summed E-state index contributed by atoms with van der Waals surface area (Å²) in [5.41, 5.74) is 2.16. The molecule has 0 aliphatic heterocycles. The molecule has 3 rings (SSSR count). The molecule has 0 N–H and O–H groups in total. The number of carbonyl (C=O) groups is 1. The van der Waals surface area contributed by atoms with Crippen LogP contribution < -0.4 is 0 Å². The largest absolute Gasteiger partial charge is 0.288 e. The van der Waals surface area contributed by atoms with E-state index >= 15 is 0 Å². The van der Waals surface area contributed by atoms with E-state index in [1.165, 1.54) is 17.4 Å². The Bertz CT molecular complexity index is 955. The zero-order chi connectivity index (χ0) is 16.9. The Labute approximate surface area is 152 Å². The minimum Gasteiger partial charge on any atom is -0.288 e. The van der Waals surface area contributed by atoms with E-state index in [-0.39, 0.29) is 11.4 Å². The molecule has 0 spiro atoms. The highest BCUT2D eigenvalue weighted by atomic mass is 79.9. The number of ketones is 1. The Morgan fingerprint density at radius 2 is 1.96 bits per heavy atom. The number of carbonyl (C=O) groups excluding carboxylic acids is 1. The van der Waals surface area contributed by atoms with Gasteiger partial charge >= 0.3 is 0 Å². The first-order chi connectivity index (χ1) is 11.7. The van der Waals surface area contributed by atoms with Gasteiger partial charge in [0.25, 0.3) is 0 Å². The van der Waals surface area contributed by atoms with Gasteiger partial charge in [0, 0.05) is 21.0 Å². The monoisotopic (exact) mass is 394 g/mol. The molecule has 0 atom stereocenters. The number of hydrogen-bond acceptors (Lipinski definition) is 4. The van der Waals surface area contributed by atoms with Crippen molar-refractivity contribution >= 4 is 39.1 Å². The summed E-state index contributed by atoms with van der Waals surface area (Å²) in [7, 11) is 0. The zero-order valence-corrected chi connectivity index (χ0v) is 14.8. The van der Waals surface area contributed by atoms with E-state index in [4.69, 9.17) is 0 Å². The molecule has 1 heterocycles. The van der Waals surface area contributed by atoms with E-state index < -0.39 is 0 Å². The van der Waals surface area contributed by atoms with Gasteiger partial charge in [0.2, 0.25) is 5.78 Å². The summed E-state index contributed by atoms with van der Waals surface area (Å²) in [6, 6.07) is 18.6. The van der Waals surface area contributed by atoms with Crippen molar-refractivity contribution in [3.05, 3.63) is 81.3 Å². The topological polar surface area (TPSA) is 53.8 Å². The molecule has 24 heavy (non-hydrogen) atoms. The first-order valence-corrected chi connectivity index (χ1v) is 8.77. The normalized spacial score (nSPS) is 11.1. The van der Waals surface area contributed by atoms with Gasteiger partial charge in [-0.1, -0.05) is 58.4 Å². The van der Waals surface area contributed by atoms with Crippen molar-refractivity contribution in [3.8, 4) is 16.6 Å². The average Bonchev–Trinajstić information content (AvgIpc) is 3.08. The molecule has 3 aromatic rings. The lowest BCUT2D eigenvalue weighted by Crippen LogP contribution is -2.01. The van der Waals surface area contributed by atoms with Gasteiger partial charge in [-0.3, -0.25) is 4.79 Å². The van der Waals surface area contributed by atoms with Gasteiger partial charge in [0.15, 0.2) is 0 Å². The van der Waals surface area contributed by atoms with Crippen LogP contribution in [0.1, 0.15) is 16.1 Å². The van der Waals surface area contributed by atoms with E-state index in [1.54, 1.807) is 24.3 Å². The first kappa shape index (κ1) is 16.3. The molecular weight excluding hydrogens is 384 g/mol.